The minimum atomic E-state index is -0.167. The molecule has 3 rings (SSSR count). The first-order valence-electron chi connectivity index (χ1n) is 8.79. The standard InChI is InChI=1S/C20H26N2O2S/c1-13-6-5-7-15(10-13)24-12-18(23)22-19-21-16-9-8-14(20(2,3)4)11-17(16)25-19/h5-7,10,14H,8-9,11-12H2,1-4H3,(H,21,22,23)/t14-/m0/s1. The first-order chi connectivity index (χ1) is 11.8. The molecule has 134 valence electrons. The van der Waals surface area contributed by atoms with E-state index in [4.69, 9.17) is 4.74 Å². The van der Waals surface area contributed by atoms with Crippen LogP contribution in [0.1, 0.15) is 43.3 Å². The van der Waals surface area contributed by atoms with Crippen molar-refractivity contribution in [2.75, 3.05) is 11.9 Å². The summed E-state index contributed by atoms with van der Waals surface area (Å²) < 4.78 is 5.55. The molecular formula is C20H26N2O2S. The number of hydrogen-bond donors (Lipinski definition) is 1. The van der Waals surface area contributed by atoms with E-state index < -0.39 is 0 Å². The van der Waals surface area contributed by atoms with Crippen LogP contribution in [0.4, 0.5) is 5.13 Å². The molecule has 1 atom stereocenters. The van der Waals surface area contributed by atoms with Crippen molar-refractivity contribution in [3.8, 4) is 5.75 Å². The smallest absolute Gasteiger partial charge is 0.264 e. The maximum absolute atomic E-state index is 12.1. The van der Waals surface area contributed by atoms with Gasteiger partial charge in [-0.25, -0.2) is 4.98 Å². The molecule has 1 N–H and O–H groups in total. The number of carbonyl (C=O) groups excluding carboxylic acids is 1. The molecule has 1 aliphatic rings. The Hall–Kier alpha value is -1.88. The zero-order valence-electron chi connectivity index (χ0n) is 15.4. The predicted octanol–water partition coefficient (Wildman–Crippen LogP) is 4.62. The number of fused-ring (bicyclic) bond motifs is 1. The summed E-state index contributed by atoms with van der Waals surface area (Å²) in [7, 11) is 0. The highest BCUT2D eigenvalue weighted by atomic mass is 32.1. The van der Waals surface area contributed by atoms with E-state index in [0.29, 0.717) is 22.2 Å². The zero-order valence-corrected chi connectivity index (χ0v) is 16.2. The van der Waals surface area contributed by atoms with E-state index in [-0.39, 0.29) is 12.5 Å². The molecule has 1 aliphatic carbocycles. The van der Waals surface area contributed by atoms with Gasteiger partial charge in [0.25, 0.3) is 5.91 Å². The largest absolute Gasteiger partial charge is 0.484 e. The number of thiazole rings is 1. The normalized spacial score (nSPS) is 17.0. The highest BCUT2D eigenvalue weighted by Crippen LogP contribution is 2.40. The number of ether oxygens (including phenoxy) is 1. The number of nitrogens with one attached hydrogen (secondary N) is 1. The van der Waals surface area contributed by atoms with Gasteiger partial charge in [-0.15, -0.1) is 11.3 Å². The Morgan fingerprint density at radius 1 is 1.40 bits per heavy atom. The lowest BCUT2D eigenvalue weighted by atomic mass is 9.73. The average molecular weight is 359 g/mol. The fourth-order valence-corrected chi connectivity index (χ4v) is 4.28. The molecule has 1 aromatic carbocycles. The topological polar surface area (TPSA) is 51.2 Å². The second-order valence-electron chi connectivity index (χ2n) is 7.85. The second-order valence-corrected chi connectivity index (χ2v) is 8.93. The SMILES string of the molecule is Cc1cccc(OCC(=O)Nc2nc3c(s2)C[C@@H](C(C)(C)C)CC3)c1. The van der Waals surface area contributed by atoms with Crippen LogP contribution in [0.15, 0.2) is 24.3 Å². The van der Waals surface area contributed by atoms with Gasteiger partial charge in [-0.05, 0) is 55.2 Å². The van der Waals surface area contributed by atoms with Crippen LogP contribution in [0.5, 0.6) is 5.75 Å². The molecule has 25 heavy (non-hydrogen) atoms. The number of hydrogen-bond acceptors (Lipinski definition) is 4. The Bertz CT molecular complexity index is 761. The number of carbonyl (C=O) groups is 1. The van der Waals surface area contributed by atoms with Crippen molar-refractivity contribution >= 4 is 22.4 Å². The number of rotatable bonds is 4. The molecule has 0 spiro atoms. The highest BCUT2D eigenvalue weighted by Gasteiger charge is 2.30. The van der Waals surface area contributed by atoms with Crippen LogP contribution < -0.4 is 10.1 Å². The van der Waals surface area contributed by atoms with Gasteiger partial charge in [0.15, 0.2) is 11.7 Å². The summed E-state index contributed by atoms with van der Waals surface area (Å²) >= 11 is 1.61. The number of aryl methyl sites for hydroxylation is 2. The Balaban J connectivity index is 1.57. The number of aromatic nitrogens is 1. The van der Waals surface area contributed by atoms with E-state index >= 15 is 0 Å². The van der Waals surface area contributed by atoms with Crippen molar-refractivity contribution < 1.29 is 9.53 Å². The lowest BCUT2D eigenvalue weighted by Gasteiger charge is -2.33. The molecule has 4 nitrogen and oxygen atoms in total. The number of nitrogens with zero attached hydrogens (tertiary/aromatic N) is 1. The number of benzene rings is 1. The lowest BCUT2D eigenvalue weighted by Crippen LogP contribution is -2.26. The third kappa shape index (κ3) is 4.60. The van der Waals surface area contributed by atoms with Crippen molar-refractivity contribution in [2.24, 2.45) is 11.3 Å². The van der Waals surface area contributed by atoms with Gasteiger partial charge in [-0.3, -0.25) is 10.1 Å². The Morgan fingerprint density at radius 2 is 2.20 bits per heavy atom. The third-order valence-electron chi connectivity index (χ3n) is 4.77. The van der Waals surface area contributed by atoms with Crippen molar-refractivity contribution in [1.82, 2.24) is 4.98 Å². The summed E-state index contributed by atoms with van der Waals surface area (Å²) in [5.41, 5.74) is 2.58. The van der Waals surface area contributed by atoms with E-state index in [0.717, 1.165) is 24.1 Å². The molecule has 1 aromatic heterocycles. The highest BCUT2D eigenvalue weighted by molar-refractivity contribution is 7.15. The van der Waals surface area contributed by atoms with Gasteiger partial charge >= 0.3 is 0 Å². The summed E-state index contributed by atoms with van der Waals surface area (Å²) in [6.07, 6.45) is 3.24. The minimum Gasteiger partial charge on any atom is -0.484 e. The first-order valence-corrected chi connectivity index (χ1v) is 9.61. The fourth-order valence-electron chi connectivity index (χ4n) is 3.18. The Labute approximate surface area is 153 Å². The van der Waals surface area contributed by atoms with E-state index in [1.54, 1.807) is 11.3 Å². The van der Waals surface area contributed by atoms with Crippen LogP contribution in [0.2, 0.25) is 0 Å². The molecule has 0 aliphatic heterocycles. The van der Waals surface area contributed by atoms with Crippen LogP contribution in [-0.2, 0) is 17.6 Å². The summed E-state index contributed by atoms with van der Waals surface area (Å²) in [4.78, 5) is 18.1. The summed E-state index contributed by atoms with van der Waals surface area (Å²) in [5, 5.41) is 3.57. The average Bonchev–Trinajstić information content (AvgIpc) is 2.93. The van der Waals surface area contributed by atoms with Crippen molar-refractivity contribution in [1.29, 1.82) is 0 Å². The van der Waals surface area contributed by atoms with Crippen molar-refractivity contribution in [3.05, 3.63) is 40.4 Å². The monoisotopic (exact) mass is 358 g/mol. The first kappa shape index (κ1) is 17.9. The molecule has 0 saturated carbocycles. The lowest BCUT2D eigenvalue weighted by molar-refractivity contribution is -0.118. The van der Waals surface area contributed by atoms with Crippen LogP contribution in [0.3, 0.4) is 0 Å². The maximum atomic E-state index is 12.1. The van der Waals surface area contributed by atoms with E-state index in [2.05, 4.69) is 31.1 Å². The van der Waals surface area contributed by atoms with E-state index in [1.807, 2.05) is 31.2 Å². The van der Waals surface area contributed by atoms with Crippen LogP contribution in [0, 0.1) is 18.3 Å². The van der Waals surface area contributed by atoms with Gasteiger partial charge in [-0.1, -0.05) is 32.9 Å². The molecule has 5 heteroatoms. The molecule has 1 amide bonds. The summed E-state index contributed by atoms with van der Waals surface area (Å²) in [6, 6.07) is 7.69. The Kier molecular flexibility index (Phi) is 5.13. The predicted molar refractivity (Wildman–Crippen MR) is 102 cm³/mol. The van der Waals surface area contributed by atoms with Gasteiger partial charge in [0.05, 0.1) is 5.69 Å². The van der Waals surface area contributed by atoms with E-state index in [9.17, 15) is 4.79 Å². The van der Waals surface area contributed by atoms with Gasteiger partial charge < -0.3 is 4.74 Å². The van der Waals surface area contributed by atoms with Gasteiger partial charge in [-0.2, -0.15) is 0 Å². The quantitative estimate of drug-likeness (QED) is 0.867. The van der Waals surface area contributed by atoms with Crippen LogP contribution in [0.25, 0.3) is 0 Å². The minimum absolute atomic E-state index is 0.00167. The number of anilines is 1. The molecule has 0 unspecified atom stereocenters. The molecule has 1 heterocycles. The van der Waals surface area contributed by atoms with Gasteiger partial charge in [0.2, 0.25) is 0 Å². The van der Waals surface area contributed by atoms with Crippen molar-refractivity contribution in [3.63, 3.8) is 0 Å². The summed E-state index contributed by atoms with van der Waals surface area (Å²) in [6.45, 7) is 8.90. The van der Waals surface area contributed by atoms with Crippen molar-refractivity contribution in [2.45, 2.75) is 47.0 Å². The third-order valence-corrected chi connectivity index (χ3v) is 5.81. The van der Waals surface area contributed by atoms with Crippen LogP contribution in [-0.4, -0.2) is 17.5 Å². The molecule has 0 radical (unpaired) electrons. The number of amides is 1. The Morgan fingerprint density at radius 3 is 2.92 bits per heavy atom. The maximum Gasteiger partial charge on any atom is 0.264 e. The summed E-state index contributed by atoms with van der Waals surface area (Å²) in [5.74, 6) is 1.22. The molecule has 0 saturated heterocycles. The zero-order chi connectivity index (χ0) is 18.0. The van der Waals surface area contributed by atoms with Gasteiger partial charge in [0.1, 0.15) is 5.75 Å². The van der Waals surface area contributed by atoms with Gasteiger partial charge in [0, 0.05) is 4.88 Å². The second kappa shape index (κ2) is 7.16. The molecule has 2 aromatic rings. The molecule has 0 bridgehead atoms. The fraction of sp³-hybridized carbons (Fsp3) is 0.500. The molecule has 0 fully saturated rings. The molecular weight excluding hydrogens is 332 g/mol. The van der Waals surface area contributed by atoms with E-state index in [1.165, 1.54) is 11.3 Å². The van der Waals surface area contributed by atoms with Crippen LogP contribution >= 0.6 is 11.3 Å².